The average Bonchev–Trinajstić information content (AvgIpc) is 2.49. The van der Waals surface area contributed by atoms with Crippen molar-refractivity contribution in [2.24, 2.45) is 5.92 Å². The Morgan fingerprint density at radius 3 is 2.91 bits per heavy atom. The zero-order chi connectivity index (χ0) is 16.1. The van der Waals surface area contributed by atoms with Gasteiger partial charge in [-0.1, -0.05) is 18.5 Å². The van der Waals surface area contributed by atoms with Gasteiger partial charge >= 0.3 is 0 Å². The predicted molar refractivity (Wildman–Crippen MR) is 85.4 cm³/mol. The predicted octanol–water partition coefficient (Wildman–Crippen LogP) is 3.21. The lowest BCUT2D eigenvalue weighted by atomic mass is 10.0. The van der Waals surface area contributed by atoms with E-state index in [1.54, 1.807) is 6.07 Å². The lowest BCUT2D eigenvalue weighted by Crippen LogP contribution is -2.48. The summed E-state index contributed by atoms with van der Waals surface area (Å²) in [5, 5.41) is 21.4. The molecular weight excluding hydrogens is 309 g/mol. The Hall–Kier alpha value is -2.02. The summed E-state index contributed by atoms with van der Waals surface area (Å²) < 4.78 is 12.3. The Bertz CT molecular complexity index is 568. The molecule has 0 saturated carbocycles. The minimum Gasteiger partial charge on any atom is -0.343 e. The molecule has 1 atom stereocenters. The highest BCUT2D eigenvalue weighted by molar-refractivity contribution is 6.32. The first kappa shape index (κ1) is 16.4. The van der Waals surface area contributed by atoms with E-state index in [4.69, 9.17) is 22.4 Å². The number of piperidine rings is 1. The van der Waals surface area contributed by atoms with Crippen LogP contribution in [-0.2, 0) is 0 Å². The number of nitrogens with zero attached hydrogens (tertiary/aromatic N) is 1. The van der Waals surface area contributed by atoms with Gasteiger partial charge in [0, 0.05) is 29.4 Å². The van der Waals surface area contributed by atoms with Gasteiger partial charge in [-0.15, -0.1) is 0 Å². The number of benzene rings is 1. The highest BCUT2D eigenvalue weighted by Gasteiger charge is 2.19. The van der Waals surface area contributed by atoms with E-state index in [-0.39, 0.29) is 22.7 Å². The van der Waals surface area contributed by atoms with E-state index < -0.39 is 0 Å². The Kier molecular flexibility index (Phi) is 5.43. The standard InChI is InChI=1S/C14H19ClFN5O/c1-9-3-2-6-21(8-9)14(18)20-13(17)19-10-4-5-11(15)12(7-10)22-16/h4-5,7,9H,2-3,6,8H2,1H3,(H4,17,18,19,20). The number of halogens is 2. The maximum Gasteiger partial charge on any atom is 0.199 e. The quantitative estimate of drug-likeness (QED) is 0.496. The van der Waals surface area contributed by atoms with Gasteiger partial charge in [-0.3, -0.25) is 21.1 Å². The molecule has 0 bridgehead atoms. The van der Waals surface area contributed by atoms with Gasteiger partial charge in [0.15, 0.2) is 17.7 Å². The van der Waals surface area contributed by atoms with Crippen molar-refractivity contribution in [1.29, 1.82) is 10.8 Å². The lowest BCUT2D eigenvalue weighted by Gasteiger charge is -2.32. The number of hydrogen-bond acceptors (Lipinski definition) is 3. The molecule has 0 spiro atoms. The first-order valence-corrected chi connectivity index (χ1v) is 7.41. The van der Waals surface area contributed by atoms with Crippen molar-refractivity contribution in [3.63, 3.8) is 0 Å². The van der Waals surface area contributed by atoms with Crippen molar-refractivity contribution in [3.05, 3.63) is 23.2 Å². The van der Waals surface area contributed by atoms with Crippen molar-refractivity contribution in [1.82, 2.24) is 10.2 Å². The molecule has 0 aliphatic carbocycles. The van der Waals surface area contributed by atoms with Crippen LogP contribution in [-0.4, -0.2) is 29.9 Å². The summed E-state index contributed by atoms with van der Waals surface area (Å²) in [5.74, 6) is 0.522. The molecule has 1 aromatic carbocycles. The number of rotatable bonds is 2. The van der Waals surface area contributed by atoms with Crippen molar-refractivity contribution < 1.29 is 9.47 Å². The topological polar surface area (TPSA) is 84.2 Å². The zero-order valence-corrected chi connectivity index (χ0v) is 13.0. The summed E-state index contributed by atoms with van der Waals surface area (Å²) in [6, 6.07) is 4.39. The third-order valence-electron chi connectivity index (χ3n) is 3.50. The molecule has 22 heavy (non-hydrogen) atoms. The molecule has 0 amide bonds. The van der Waals surface area contributed by atoms with Crippen LogP contribution < -0.4 is 15.6 Å². The largest absolute Gasteiger partial charge is 0.343 e. The minimum atomic E-state index is -0.126. The molecule has 8 heteroatoms. The summed E-state index contributed by atoms with van der Waals surface area (Å²) in [5.41, 5.74) is 0.439. The Morgan fingerprint density at radius 2 is 2.23 bits per heavy atom. The molecule has 120 valence electrons. The van der Waals surface area contributed by atoms with E-state index in [0.29, 0.717) is 11.6 Å². The van der Waals surface area contributed by atoms with E-state index in [9.17, 15) is 4.53 Å². The van der Waals surface area contributed by atoms with Crippen LogP contribution in [0, 0.1) is 16.7 Å². The van der Waals surface area contributed by atoms with Gasteiger partial charge in [-0.25, -0.2) is 0 Å². The molecule has 1 aliphatic rings. The van der Waals surface area contributed by atoms with Gasteiger partial charge in [0.05, 0.1) is 5.02 Å². The van der Waals surface area contributed by atoms with Crippen LogP contribution in [0.25, 0.3) is 0 Å². The van der Waals surface area contributed by atoms with Crippen molar-refractivity contribution in [2.45, 2.75) is 19.8 Å². The Balaban J connectivity index is 1.91. The average molecular weight is 328 g/mol. The minimum absolute atomic E-state index is 0.0737. The fourth-order valence-corrected chi connectivity index (χ4v) is 2.55. The summed E-state index contributed by atoms with van der Waals surface area (Å²) in [6.45, 7) is 3.76. The second-order valence-electron chi connectivity index (χ2n) is 5.39. The van der Waals surface area contributed by atoms with Crippen LogP contribution in [0.5, 0.6) is 5.75 Å². The molecule has 1 fully saturated rings. The van der Waals surface area contributed by atoms with Gasteiger partial charge in [-0.2, -0.15) is 0 Å². The Morgan fingerprint density at radius 1 is 1.45 bits per heavy atom. The smallest absolute Gasteiger partial charge is 0.199 e. The Labute approximate surface area is 133 Å². The van der Waals surface area contributed by atoms with Crippen LogP contribution in [0.15, 0.2) is 18.2 Å². The van der Waals surface area contributed by atoms with E-state index in [2.05, 4.69) is 22.5 Å². The SMILES string of the molecule is CC1CCCN(C(=N)NC(=N)Nc2ccc(Cl)c(OF)c2)C1. The lowest BCUT2D eigenvalue weighted by molar-refractivity contribution is -0.00599. The van der Waals surface area contributed by atoms with Gasteiger partial charge < -0.3 is 10.2 Å². The maximum atomic E-state index is 12.3. The number of guanidine groups is 2. The molecule has 1 aromatic rings. The molecule has 1 saturated heterocycles. The van der Waals surface area contributed by atoms with Crippen LogP contribution in [0.3, 0.4) is 0 Å². The van der Waals surface area contributed by atoms with E-state index in [1.807, 2.05) is 4.90 Å². The van der Waals surface area contributed by atoms with Crippen molar-refractivity contribution in [2.75, 3.05) is 18.4 Å². The molecule has 6 nitrogen and oxygen atoms in total. The number of likely N-dealkylation sites (tertiary alicyclic amines) is 1. The second kappa shape index (κ2) is 7.31. The molecule has 2 rings (SSSR count). The van der Waals surface area contributed by atoms with Crippen molar-refractivity contribution in [3.8, 4) is 5.75 Å². The van der Waals surface area contributed by atoms with E-state index >= 15 is 0 Å². The number of hydrogen-bond donors (Lipinski definition) is 4. The molecule has 0 radical (unpaired) electrons. The first-order chi connectivity index (χ1) is 10.5. The molecule has 1 unspecified atom stereocenters. The number of anilines is 1. The highest BCUT2D eigenvalue weighted by atomic mass is 35.5. The van der Waals surface area contributed by atoms with E-state index in [0.717, 1.165) is 25.9 Å². The van der Waals surface area contributed by atoms with Gasteiger partial charge in [0.2, 0.25) is 0 Å². The fourth-order valence-electron chi connectivity index (χ4n) is 2.41. The molecule has 1 aliphatic heterocycles. The van der Waals surface area contributed by atoms with Crippen molar-refractivity contribution >= 4 is 29.2 Å². The third-order valence-corrected chi connectivity index (χ3v) is 3.81. The van der Waals surface area contributed by atoms with Crippen LogP contribution in [0.4, 0.5) is 10.2 Å². The zero-order valence-electron chi connectivity index (χ0n) is 12.2. The molecule has 1 heterocycles. The fraction of sp³-hybridized carbons (Fsp3) is 0.429. The summed E-state index contributed by atoms with van der Waals surface area (Å²) in [6.07, 6.45) is 2.20. The van der Waals surface area contributed by atoms with Gasteiger partial charge in [-0.05, 0) is 30.9 Å². The van der Waals surface area contributed by atoms with Gasteiger partial charge in [0.1, 0.15) is 0 Å². The monoisotopic (exact) mass is 327 g/mol. The van der Waals surface area contributed by atoms with Crippen LogP contribution in [0.2, 0.25) is 5.02 Å². The second-order valence-corrected chi connectivity index (χ2v) is 5.80. The normalized spacial score (nSPS) is 17.8. The third kappa shape index (κ3) is 4.24. The summed E-state index contributed by atoms with van der Waals surface area (Å²) in [7, 11) is 0. The first-order valence-electron chi connectivity index (χ1n) is 7.04. The van der Waals surface area contributed by atoms with Crippen LogP contribution in [0.1, 0.15) is 19.8 Å². The summed E-state index contributed by atoms with van der Waals surface area (Å²) >= 11 is 5.73. The molecule has 0 aromatic heterocycles. The van der Waals surface area contributed by atoms with Crippen LogP contribution >= 0.6 is 11.6 Å². The molecular formula is C14H19ClFN5O. The summed E-state index contributed by atoms with van der Waals surface area (Å²) in [4.78, 5) is 5.55. The highest BCUT2D eigenvalue weighted by Crippen LogP contribution is 2.27. The van der Waals surface area contributed by atoms with Gasteiger partial charge in [0.25, 0.3) is 0 Å². The molecule has 4 N–H and O–H groups in total. The number of nitrogens with one attached hydrogen (secondary N) is 4. The van der Waals surface area contributed by atoms with E-state index in [1.165, 1.54) is 12.1 Å². The maximum absolute atomic E-state index is 12.3.